The molecule has 1 fully saturated rings. The monoisotopic (exact) mass is 199 g/mol. The molecule has 0 saturated carbocycles. The summed E-state index contributed by atoms with van der Waals surface area (Å²) in [5.74, 6) is -0.648. The van der Waals surface area contributed by atoms with Crippen LogP contribution in [0.3, 0.4) is 0 Å². The molecular formula is C11H21NO2. The fourth-order valence-corrected chi connectivity index (χ4v) is 2.09. The Morgan fingerprint density at radius 1 is 1.64 bits per heavy atom. The minimum absolute atomic E-state index is 0.508. The second-order valence-corrected chi connectivity index (χ2v) is 4.70. The quantitative estimate of drug-likeness (QED) is 0.755. The Morgan fingerprint density at radius 3 is 2.79 bits per heavy atom. The van der Waals surface area contributed by atoms with E-state index in [1.54, 1.807) is 0 Å². The Morgan fingerprint density at radius 2 is 2.29 bits per heavy atom. The van der Waals surface area contributed by atoms with Crippen molar-refractivity contribution >= 4 is 5.97 Å². The maximum absolute atomic E-state index is 11.1. The van der Waals surface area contributed by atoms with Gasteiger partial charge in [0.15, 0.2) is 0 Å². The second kappa shape index (κ2) is 4.30. The number of carboxylic acid groups (broad SMARTS) is 1. The molecule has 3 heteroatoms. The van der Waals surface area contributed by atoms with Crippen LogP contribution in [0.15, 0.2) is 0 Å². The molecule has 1 saturated heterocycles. The lowest BCUT2D eigenvalue weighted by atomic mass is 9.81. The van der Waals surface area contributed by atoms with E-state index in [0.29, 0.717) is 12.6 Å². The molecule has 1 aliphatic rings. The minimum atomic E-state index is -0.648. The van der Waals surface area contributed by atoms with Crippen molar-refractivity contribution in [1.29, 1.82) is 0 Å². The molecule has 0 amide bonds. The van der Waals surface area contributed by atoms with E-state index in [9.17, 15) is 4.79 Å². The zero-order valence-electron chi connectivity index (χ0n) is 9.42. The molecule has 82 valence electrons. The van der Waals surface area contributed by atoms with Gasteiger partial charge in [-0.25, -0.2) is 0 Å². The summed E-state index contributed by atoms with van der Waals surface area (Å²) >= 11 is 0. The molecule has 0 aromatic carbocycles. The number of hydrogen-bond acceptors (Lipinski definition) is 2. The molecule has 1 aliphatic heterocycles. The summed E-state index contributed by atoms with van der Waals surface area (Å²) in [4.78, 5) is 13.4. The highest BCUT2D eigenvalue weighted by Crippen LogP contribution is 2.30. The van der Waals surface area contributed by atoms with Gasteiger partial charge < -0.3 is 5.11 Å². The van der Waals surface area contributed by atoms with Crippen LogP contribution < -0.4 is 0 Å². The van der Waals surface area contributed by atoms with E-state index in [2.05, 4.69) is 18.7 Å². The van der Waals surface area contributed by atoms with E-state index in [4.69, 9.17) is 5.11 Å². The van der Waals surface area contributed by atoms with Gasteiger partial charge in [-0.3, -0.25) is 9.69 Å². The van der Waals surface area contributed by atoms with Gasteiger partial charge in [0.2, 0.25) is 0 Å². The third-order valence-corrected chi connectivity index (χ3v) is 3.46. The summed E-state index contributed by atoms with van der Waals surface area (Å²) < 4.78 is 0. The number of likely N-dealkylation sites (tertiary alicyclic amines) is 1. The first-order valence-corrected chi connectivity index (χ1v) is 5.47. The molecule has 0 aliphatic carbocycles. The van der Waals surface area contributed by atoms with Crippen LogP contribution in [0.25, 0.3) is 0 Å². The van der Waals surface area contributed by atoms with Crippen molar-refractivity contribution in [3.63, 3.8) is 0 Å². The Hall–Kier alpha value is -0.570. The van der Waals surface area contributed by atoms with Crippen molar-refractivity contribution in [2.45, 2.75) is 46.1 Å². The molecule has 0 aromatic heterocycles. The average Bonchev–Trinajstić information content (AvgIpc) is 2.16. The largest absolute Gasteiger partial charge is 0.481 e. The molecule has 2 unspecified atom stereocenters. The van der Waals surface area contributed by atoms with Crippen LogP contribution in [0.2, 0.25) is 0 Å². The molecule has 0 spiro atoms. The van der Waals surface area contributed by atoms with E-state index in [-0.39, 0.29) is 0 Å². The highest BCUT2D eigenvalue weighted by atomic mass is 16.4. The number of aliphatic carboxylic acids is 1. The first-order valence-electron chi connectivity index (χ1n) is 5.47. The molecule has 1 N–H and O–H groups in total. The molecule has 0 aromatic rings. The summed E-state index contributed by atoms with van der Waals surface area (Å²) in [6, 6.07) is 0.508. The van der Waals surface area contributed by atoms with Gasteiger partial charge in [0.05, 0.1) is 5.41 Å². The van der Waals surface area contributed by atoms with Gasteiger partial charge in [-0.2, -0.15) is 0 Å². The minimum Gasteiger partial charge on any atom is -0.481 e. The fourth-order valence-electron chi connectivity index (χ4n) is 2.09. The third-order valence-electron chi connectivity index (χ3n) is 3.46. The Balaban J connectivity index is 2.64. The van der Waals surface area contributed by atoms with Crippen molar-refractivity contribution in [3.8, 4) is 0 Å². The van der Waals surface area contributed by atoms with Gasteiger partial charge in [-0.15, -0.1) is 0 Å². The molecule has 0 bridgehead atoms. The van der Waals surface area contributed by atoms with Crippen molar-refractivity contribution < 1.29 is 9.90 Å². The standard InChI is InChI=1S/C11H21NO2/c1-4-9(2)12-7-5-6-11(3,8-12)10(13)14/h9H,4-8H2,1-3H3,(H,13,14). The molecule has 3 nitrogen and oxygen atoms in total. The molecular weight excluding hydrogens is 178 g/mol. The molecule has 0 radical (unpaired) electrons. The smallest absolute Gasteiger partial charge is 0.310 e. The molecule has 1 heterocycles. The first kappa shape index (κ1) is 11.5. The SMILES string of the molecule is CCC(C)N1CCCC(C)(C(=O)O)C1. The van der Waals surface area contributed by atoms with Gasteiger partial charge in [0, 0.05) is 12.6 Å². The Labute approximate surface area is 86.1 Å². The number of hydrogen-bond donors (Lipinski definition) is 1. The van der Waals surface area contributed by atoms with E-state index < -0.39 is 11.4 Å². The molecule has 1 rings (SSSR count). The zero-order chi connectivity index (χ0) is 10.8. The van der Waals surface area contributed by atoms with E-state index in [0.717, 1.165) is 25.8 Å². The lowest BCUT2D eigenvalue weighted by Gasteiger charge is -2.40. The lowest BCUT2D eigenvalue weighted by molar-refractivity contribution is -0.151. The topological polar surface area (TPSA) is 40.5 Å². The number of carboxylic acids is 1. The molecule has 14 heavy (non-hydrogen) atoms. The van der Waals surface area contributed by atoms with Crippen LogP contribution in [-0.4, -0.2) is 35.1 Å². The Kier molecular flexibility index (Phi) is 3.53. The Bertz CT molecular complexity index is 217. The lowest BCUT2D eigenvalue weighted by Crippen LogP contribution is -2.49. The van der Waals surface area contributed by atoms with Crippen molar-refractivity contribution in [2.75, 3.05) is 13.1 Å². The van der Waals surface area contributed by atoms with Crippen LogP contribution in [0.1, 0.15) is 40.0 Å². The van der Waals surface area contributed by atoms with E-state index in [1.807, 2.05) is 6.92 Å². The summed E-state index contributed by atoms with van der Waals surface area (Å²) in [7, 11) is 0. The number of piperidine rings is 1. The van der Waals surface area contributed by atoms with Crippen molar-refractivity contribution in [3.05, 3.63) is 0 Å². The van der Waals surface area contributed by atoms with Gasteiger partial charge in [0.1, 0.15) is 0 Å². The average molecular weight is 199 g/mol. The van der Waals surface area contributed by atoms with Crippen LogP contribution in [0.5, 0.6) is 0 Å². The number of nitrogens with zero attached hydrogens (tertiary/aromatic N) is 1. The van der Waals surface area contributed by atoms with Crippen molar-refractivity contribution in [2.24, 2.45) is 5.41 Å². The van der Waals surface area contributed by atoms with E-state index >= 15 is 0 Å². The summed E-state index contributed by atoms with van der Waals surface area (Å²) in [6.07, 6.45) is 2.91. The fraction of sp³-hybridized carbons (Fsp3) is 0.909. The summed E-state index contributed by atoms with van der Waals surface area (Å²) in [5.41, 5.74) is -0.526. The van der Waals surface area contributed by atoms with Crippen LogP contribution in [0.4, 0.5) is 0 Å². The number of rotatable bonds is 3. The first-order chi connectivity index (χ1) is 6.49. The van der Waals surface area contributed by atoms with Crippen LogP contribution >= 0.6 is 0 Å². The predicted octanol–water partition coefficient (Wildman–Crippen LogP) is 1.97. The maximum atomic E-state index is 11.1. The van der Waals surface area contributed by atoms with Gasteiger partial charge >= 0.3 is 5.97 Å². The number of carbonyl (C=O) groups is 1. The zero-order valence-corrected chi connectivity index (χ0v) is 9.42. The molecule has 2 atom stereocenters. The van der Waals surface area contributed by atoms with E-state index in [1.165, 1.54) is 0 Å². The predicted molar refractivity (Wildman–Crippen MR) is 56.3 cm³/mol. The third kappa shape index (κ3) is 2.27. The highest BCUT2D eigenvalue weighted by Gasteiger charge is 2.38. The van der Waals surface area contributed by atoms with Gasteiger partial charge in [-0.1, -0.05) is 6.92 Å². The van der Waals surface area contributed by atoms with Gasteiger partial charge in [0.25, 0.3) is 0 Å². The second-order valence-electron chi connectivity index (χ2n) is 4.70. The van der Waals surface area contributed by atoms with Crippen LogP contribution in [-0.2, 0) is 4.79 Å². The highest BCUT2D eigenvalue weighted by molar-refractivity contribution is 5.74. The maximum Gasteiger partial charge on any atom is 0.310 e. The summed E-state index contributed by atoms with van der Waals surface area (Å²) in [6.45, 7) is 7.95. The van der Waals surface area contributed by atoms with Crippen LogP contribution in [0, 0.1) is 5.41 Å². The van der Waals surface area contributed by atoms with Gasteiger partial charge in [-0.05, 0) is 39.7 Å². The van der Waals surface area contributed by atoms with Crippen molar-refractivity contribution in [1.82, 2.24) is 4.90 Å². The summed E-state index contributed by atoms with van der Waals surface area (Å²) in [5, 5.41) is 9.14. The normalized spacial score (nSPS) is 31.4.